The maximum absolute atomic E-state index is 11.4. The number of para-hydroxylation sites is 1. The normalized spacial score (nSPS) is 11.9. The lowest BCUT2D eigenvalue weighted by Crippen LogP contribution is -2.17. The number of hydrogen-bond donors (Lipinski definition) is 0. The van der Waals surface area contributed by atoms with Gasteiger partial charge in [0.2, 0.25) is 0 Å². The number of alkyl halides is 1. The number of carbonyl (C=O) groups excluding carboxylic acids is 1. The maximum atomic E-state index is 11.4. The average molecular weight is 316 g/mol. The van der Waals surface area contributed by atoms with E-state index >= 15 is 0 Å². The SMILES string of the molecule is C=CCc1ccccc1OC(=O)C(C)I. The summed E-state index contributed by atoms with van der Waals surface area (Å²) in [6.07, 6.45) is 2.50. The summed E-state index contributed by atoms with van der Waals surface area (Å²) in [6.45, 7) is 5.47. The fourth-order valence-corrected chi connectivity index (χ4v) is 1.24. The zero-order chi connectivity index (χ0) is 11.3. The van der Waals surface area contributed by atoms with Crippen LogP contribution >= 0.6 is 22.6 Å². The molecule has 0 radical (unpaired) electrons. The molecule has 0 spiro atoms. The molecule has 0 N–H and O–H groups in total. The fourth-order valence-electron chi connectivity index (χ4n) is 1.12. The summed E-state index contributed by atoms with van der Waals surface area (Å²) in [4.78, 5) is 11.4. The lowest BCUT2D eigenvalue weighted by Gasteiger charge is -2.09. The van der Waals surface area contributed by atoms with E-state index in [1.807, 2.05) is 40.8 Å². The summed E-state index contributed by atoms with van der Waals surface area (Å²) in [5.41, 5.74) is 0.984. The van der Waals surface area contributed by atoms with Crippen LogP contribution in [-0.2, 0) is 11.2 Å². The molecule has 15 heavy (non-hydrogen) atoms. The van der Waals surface area contributed by atoms with Crippen molar-refractivity contribution in [1.82, 2.24) is 0 Å². The van der Waals surface area contributed by atoms with E-state index < -0.39 is 0 Å². The highest BCUT2D eigenvalue weighted by Crippen LogP contribution is 2.20. The van der Waals surface area contributed by atoms with Gasteiger partial charge in [0.25, 0.3) is 0 Å². The molecule has 1 aromatic rings. The van der Waals surface area contributed by atoms with Gasteiger partial charge < -0.3 is 4.74 Å². The average Bonchev–Trinajstić information content (AvgIpc) is 2.21. The van der Waals surface area contributed by atoms with Crippen LogP contribution in [-0.4, -0.2) is 9.89 Å². The first-order chi connectivity index (χ1) is 7.15. The smallest absolute Gasteiger partial charge is 0.324 e. The fraction of sp³-hybridized carbons (Fsp3) is 0.250. The van der Waals surface area contributed by atoms with Crippen molar-refractivity contribution < 1.29 is 9.53 Å². The van der Waals surface area contributed by atoms with Crippen molar-refractivity contribution >= 4 is 28.6 Å². The largest absolute Gasteiger partial charge is 0.425 e. The van der Waals surface area contributed by atoms with Crippen molar-refractivity contribution in [3.8, 4) is 5.75 Å². The molecule has 2 nitrogen and oxygen atoms in total. The molecule has 0 fully saturated rings. The number of benzene rings is 1. The van der Waals surface area contributed by atoms with Crippen LogP contribution in [0.15, 0.2) is 36.9 Å². The molecule has 0 bridgehead atoms. The second-order valence-electron chi connectivity index (χ2n) is 3.14. The van der Waals surface area contributed by atoms with Crippen molar-refractivity contribution in [2.75, 3.05) is 0 Å². The Morgan fingerprint density at radius 3 is 2.87 bits per heavy atom. The first-order valence-corrected chi connectivity index (χ1v) is 5.94. The molecule has 3 heteroatoms. The quantitative estimate of drug-likeness (QED) is 0.280. The monoisotopic (exact) mass is 316 g/mol. The molecule has 0 saturated heterocycles. The van der Waals surface area contributed by atoms with Gasteiger partial charge in [0, 0.05) is 0 Å². The van der Waals surface area contributed by atoms with Crippen molar-refractivity contribution in [1.29, 1.82) is 0 Å². The number of ether oxygens (including phenoxy) is 1. The number of esters is 1. The van der Waals surface area contributed by atoms with Gasteiger partial charge in [-0.05, 0) is 25.0 Å². The third-order valence-corrected chi connectivity index (χ3v) is 2.38. The zero-order valence-electron chi connectivity index (χ0n) is 8.57. The Morgan fingerprint density at radius 2 is 2.27 bits per heavy atom. The minimum atomic E-state index is -0.216. The lowest BCUT2D eigenvalue weighted by molar-refractivity contribution is -0.133. The Labute approximate surface area is 103 Å². The second kappa shape index (κ2) is 5.90. The van der Waals surface area contributed by atoms with Gasteiger partial charge in [-0.3, -0.25) is 4.79 Å². The second-order valence-corrected chi connectivity index (χ2v) is 5.01. The van der Waals surface area contributed by atoms with Gasteiger partial charge in [0.1, 0.15) is 9.67 Å². The summed E-state index contributed by atoms with van der Waals surface area (Å²) >= 11 is 2.03. The molecule has 0 heterocycles. The van der Waals surface area contributed by atoms with Crippen LogP contribution in [0, 0.1) is 0 Å². The van der Waals surface area contributed by atoms with Crippen LogP contribution in [0.25, 0.3) is 0 Å². The van der Waals surface area contributed by atoms with E-state index in [-0.39, 0.29) is 9.89 Å². The molecule has 0 amide bonds. The summed E-state index contributed by atoms with van der Waals surface area (Å²) in [5.74, 6) is 0.415. The van der Waals surface area contributed by atoms with E-state index in [1.165, 1.54) is 0 Å². The topological polar surface area (TPSA) is 26.3 Å². The molecule has 0 saturated carbocycles. The Kier molecular flexibility index (Phi) is 4.81. The molecule has 0 aliphatic heterocycles. The van der Waals surface area contributed by atoms with Gasteiger partial charge >= 0.3 is 5.97 Å². The standard InChI is InChI=1S/C12H13IO2/c1-3-6-10-7-4-5-8-11(10)15-12(14)9(2)13/h3-5,7-9H,1,6H2,2H3. The molecule has 0 aliphatic carbocycles. The van der Waals surface area contributed by atoms with Crippen LogP contribution in [0.3, 0.4) is 0 Å². The first-order valence-electron chi connectivity index (χ1n) is 4.69. The molecule has 1 atom stereocenters. The van der Waals surface area contributed by atoms with E-state index in [9.17, 15) is 4.79 Å². The predicted octanol–water partition coefficient (Wildman–Crippen LogP) is 3.14. The van der Waals surface area contributed by atoms with E-state index in [4.69, 9.17) is 4.74 Å². The summed E-state index contributed by atoms with van der Waals surface area (Å²) in [5, 5.41) is 0. The maximum Gasteiger partial charge on any atom is 0.324 e. The van der Waals surface area contributed by atoms with E-state index in [0.717, 1.165) is 5.56 Å². The highest BCUT2D eigenvalue weighted by molar-refractivity contribution is 14.1. The lowest BCUT2D eigenvalue weighted by atomic mass is 10.1. The number of halogens is 1. The molecule has 80 valence electrons. The highest BCUT2D eigenvalue weighted by Gasteiger charge is 2.12. The Morgan fingerprint density at radius 1 is 1.60 bits per heavy atom. The Bertz CT molecular complexity index is 358. The third-order valence-electron chi connectivity index (χ3n) is 1.87. The number of hydrogen-bond acceptors (Lipinski definition) is 2. The Balaban J connectivity index is 2.83. The molecule has 1 aromatic carbocycles. The van der Waals surface area contributed by atoms with Crippen molar-refractivity contribution in [3.05, 3.63) is 42.5 Å². The van der Waals surface area contributed by atoms with Gasteiger partial charge in [-0.2, -0.15) is 0 Å². The highest BCUT2D eigenvalue weighted by atomic mass is 127. The van der Waals surface area contributed by atoms with Gasteiger partial charge in [0.05, 0.1) is 0 Å². The van der Waals surface area contributed by atoms with Crippen molar-refractivity contribution in [3.63, 3.8) is 0 Å². The Hall–Kier alpha value is -0.840. The third kappa shape index (κ3) is 3.66. The number of carbonyl (C=O) groups is 1. The first kappa shape index (κ1) is 12.2. The van der Waals surface area contributed by atoms with Crippen molar-refractivity contribution in [2.24, 2.45) is 0 Å². The summed E-state index contributed by atoms with van der Waals surface area (Å²) in [7, 11) is 0. The van der Waals surface area contributed by atoms with Gasteiger partial charge in [-0.25, -0.2) is 0 Å². The predicted molar refractivity (Wildman–Crippen MR) is 69.5 cm³/mol. The number of allylic oxidation sites excluding steroid dienone is 1. The van der Waals surface area contributed by atoms with Crippen LogP contribution in [0.2, 0.25) is 0 Å². The molecule has 1 unspecified atom stereocenters. The van der Waals surface area contributed by atoms with Crippen LogP contribution in [0.5, 0.6) is 5.75 Å². The van der Waals surface area contributed by atoms with Gasteiger partial charge in [-0.15, -0.1) is 6.58 Å². The summed E-state index contributed by atoms with van der Waals surface area (Å²) in [6, 6.07) is 7.51. The molecular weight excluding hydrogens is 303 g/mol. The minimum Gasteiger partial charge on any atom is -0.425 e. The molecule has 0 aliphatic rings. The molecule has 0 aromatic heterocycles. The summed E-state index contributed by atoms with van der Waals surface area (Å²) < 4.78 is 5.13. The molecule has 1 rings (SSSR count). The number of rotatable bonds is 4. The van der Waals surface area contributed by atoms with Crippen LogP contribution in [0.4, 0.5) is 0 Å². The van der Waals surface area contributed by atoms with Gasteiger partial charge in [-0.1, -0.05) is 46.9 Å². The minimum absolute atomic E-state index is 0.139. The van der Waals surface area contributed by atoms with Crippen LogP contribution < -0.4 is 4.74 Å². The van der Waals surface area contributed by atoms with E-state index in [0.29, 0.717) is 12.2 Å². The van der Waals surface area contributed by atoms with Crippen LogP contribution in [0.1, 0.15) is 12.5 Å². The van der Waals surface area contributed by atoms with E-state index in [2.05, 4.69) is 6.58 Å². The van der Waals surface area contributed by atoms with E-state index in [1.54, 1.807) is 19.1 Å². The zero-order valence-corrected chi connectivity index (χ0v) is 10.7. The molecular formula is C12H13IO2. The van der Waals surface area contributed by atoms with Gasteiger partial charge in [0.15, 0.2) is 0 Å². The van der Waals surface area contributed by atoms with Crippen molar-refractivity contribution in [2.45, 2.75) is 17.3 Å².